The number of benzene rings is 1. The van der Waals surface area contributed by atoms with Crippen LogP contribution in [0.25, 0.3) is 0 Å². The van der Waals surface area contributed by atoms with Gasteiger partial charge in [0.15, 0.2) is 6.29 Å². The van der Waals surface area contributed by atoms with Crippen LogP contribution in [0.2, 0.25) is 0 Å². The van der Waals surface area contributed by atoms with Gasteiger partial charge in [-0.05, 0) is 13.0 Å². The molecule has 0 saturated heterocycles. The van der Waals surface area contributed by atoms with Crippen LogP contribution in [-0.2, 0) is 0 Å². The first-order chi connectivity index (χ1) is 7.65. The van der Waals surface area contributed by atoms with Crippen LogP contribution >= 0.6 is 12.2 Å². The largest absolute Gasteiger partial charge is 0.317 e. The van der Waals surface area contributed by atoms with Crippen molar-refractivity contribution in [3.63, 3.8) is 0 Å². The average Bonchev–Trinajstić information content (AvgIpc) is 2.30. The summed E-state index contributed by atoms with van der Waals surface area (Å²) >= 11 is 4.73. The van der Waals surface area contributed by atoms with Gasteiger partial charge in [-0.3, -0.25) is 9.59 Å². The van der Waals surface area contributed by atoms with Crippen molar-refractivity contribution in [2.45, 2.75) is 20.8 Å². The Hall–Kier alpha value is -1.55. The zero-order chi connectivity index (χ0) is 12.6. The van der Waals surface area contributed by atoms with E-state index in [0.717, 1.165) is 0 Å². The van der Waals surface area contributed by atoms with E-state index in [1.54, 1.807) is 31.2 Å². The molecule has 1 aromatic rings. The molecule has 0 bridgehead atoms. The van der Waals surface area contributed by atoms with Crippen LogP contribution in [0.5, 0.6) is 0 Å². The molecule has 0 atom stereocenters. The van der Waals surface area contributed by atoms with E-state index in [1.807, 2.05) is 13.8 Å². The summed E-state index contributed by atoms with van der Waals surface area (Å²) in [6.07, 6.45) is 0.646. The highest BCUT2D eigenvalue weighted by Crippen LogP contribution is 2.05. The maximum Gasteiger partial charge on any atom is 0.256 e. The van der Waals surface area contributed by atoms with E-state index in [4.69, 9.17) is 12.2 Å². The summed E-state index contributed by atoms with van der Waals surface area (Å²) in [5.74, 6) is -0.347. The molecule has 0 spiro atoms. The van der Waals surface area contributed by atoms with Gasteiger partial charge >= 0.3 is 0 Å². The molecule has 0 fully saturated rings. The number of nitrogens with one attached hydrogen (secondary N) is 1. The fourth-order valence-electron chi connectivity index (χ4n) is 1.03. The minimum atomic E-state index is -0.347. The standard InChI is InChI=1S/C10H9NO2S.C2H6/c1-7(14)11-10(13)9-5-3-2-4-8(9)6-12;1-2/h2-6H,1H3,(H,11,13,14);1-2H3. The molecule has 16 heavy (non-hydrogen) atoms. The van der Waals surface area contributed by atoms with Crippen LogP contribution in [0.3, 0.4) is 0 Å². The minimum absolute atomic E-state index is 0.340. The SMILES string of the molecule is CC.CC(=S)NC(=O)c1ccccc1C=O. The Labute approximate surface area is 101 Å². The summed E-state index contributed by atoms with van der Waals surface area (Å²) in [4.78, 5) is 22.5. The van der Waals surface area contributed by atoms with Crippen molar-refractivity contribution >= 4 is 29.4 Å². The first-order valence-corrected chi connectivity index (χ1v) is 5.42. The zero-order valence-electron chi connectivity index (χ0n) is 9.61. The lowest BCUT2D eigenvalue weighted by Gasteiger charge is -2.04. The zero-order valence-corrected chi connectivity index (χ0v) is 10.4. The first kappa shape index (κ1) is 14.5. The molecule has 0 aliphatic rings. The molecule has 0 aromatic heterocycles. The summed E-state index contributed by atoms with van der Waals surface area (Å²) in [5.41, 5.74) is 0.702. The maximum atomic E-state index is 11.5. The lowest BCUT2D eigenvalue weighted by molar-refractivity contribution is 0.0971. The predicted molar refractivity (Wildman–Crippen MR) is 68.9 cm³/mol. The molecule has 0 aliphatic heterocycles. The second kappa shape index (κ2) is 7.70. The monoisotopic (exact) mass is 237 g/mol. The molecule has 3 nitrogen and oxygen atoms in total. The summed E-state index contributed by atoms with van der Waals surface area (Å²) in [7, 11) is 0. The molecular weight excluding hydrogens is 222 g/mol. The number of carbonyl (C=O) groups excluding carboxylic acids is 2. The molecule has 0 unspecified atom stereocenters. The number of amides is 1. The first-order valence-electron chi connectivity index (χ1n) is 5.01. The molecule has 0 radical (unpaired) electrons. The number of hydrogen-bond donors (Lipinski definition) is 1. The Bertz CT molecular complexity index is 388. The van der Waals surface area contributed by atoms with Crippen molar-refractivity contribution in [1.82, 2.24) is 5.32 Å². The molecule has 86 valence electrons. The summed E-state index contributed by atoms with van der Waals surface area (Å²) < 4.78 is 0. The van der Waals surface area contributed by atoms with Gasteiger partial charge in [0, 0.05) is 5.56 Å². The van der Waals surface area contributed by atoms with Crippen LogP contribution in [0.15, 0.2) is 24.3 Å². The second-order valence-electron chi connectivity index (χ2n) is 2.72. The lowest BCUT2D eigenvalue weighted by atomic mass is 10.1. The molecule has 4 heteroatoms. The van der Waals surface area contributed by atoms with Gasteiger partial charge in [0.05, 0.1) is 10.6 Å². The van der Waals surface area contributed by atoms with Gasteiger partial charge in [-0.1, -0.05) is 44.3 Å². The molecular formula is C12H15NO2S. The van der Waals surface area contributed by atoms with E-state index in [-0.39, 0.29) is 5.91 Å². The highest BCUT2D eigenvalue weighted by Gasteiger charge is 2.09. The van der Waals surface area contributed by atoms with Crippen LogP contribution in [0.4, 0.5) is 0 Å². The van der Waals surface area contributed by atoms with Gasteiger partial charge in [0.25, 0.3) is 5.91 Å². The van der Waals surface area contributed by atoms with E-state index in [9.17, 15) is 9.59 Å². The molecule has 0 saturated carbocycles. The third-order valence-corrected chi connectivity index (χ3v) is 1.72. The highest BCUT2D eigenvalue weighted by atomic mass is 32.1. The normalized spacial score (nSPS) is 8.44. The molecule has 1 amide bonds. The highest BCUT2D eigenvalue weighted by molar-refractivity contribution is 7.80. The Morgan fingerprint density at radius 1 is 1.31 bits per heavy atom. The lowest BCUT2D eigenvalue weighted by Crippen LogP contribution is -2.27. The van der Waals surface area contributed by atoms with Gasteiger partial charge in [0.2, 0.25) is 0 Å². The average molecular weight is 237 g/mol. The van der Waals surface area contributed by atoms with Crippen LogP contribution < -0.4 is 5.32 Å². The Morgan fingerprint density at radius 3 is 2.38 bits per heavy atom. The van der Waals surface area contributed by atoms with Gasteiger partial charge in [-0.2, -0.15) is 0 Å². The van der Waals surface area contributed by atoms with Gasteiger partial charge in [-0.15, -0.1) is 0 Å². The van der Waals surface area contributed by atoms with Crippen molar-refractivity contribution in [3.8, 4) is 0 Å². The van der Waals surface area contributed by atoms with Crippen molar-refractivity contribution in [1.29, 1.82) is 0 Å². The molecule has 1 rings (SSSR count). The van der Waals surface area contributed by atoms with E-state index in [0.29, 0.717) is 22.4 Å². The number of thiocarbonyl (C=S) groups is 1. The van der Waals surface area contributed by atoms with E-state index < -0.39 is 0 Å². The third-order valence-electron chi connectivity index (χ3n) is 1.62. The number of carbonyl (C=O) groups is 2. The summed E-state index contributed by atoms with van der Waals surface area (Å²) in [6.45, 7) is 5.61. The van der Waals surface area contributed by atoms with E-state index in [2.05, 4.69) is 5.32 Å². The molecule has 1 aromatic carbocycles. The number of rotatable bonds is 2. The van der Waals surface area contributed by atoms with Crippen LogP contribution in [-0.4, -0.2) is 17.2 Å². The fraction of sp³-hybridized carbons (Fsp3) is 0.250. The number of aldehydes is 1. The van der Waals surface area contributed by atoms with E-state index in [1.165, 1.54) is 0 Å². The van der Waals surface area contributed by atoms with Gasteiger partial charge in [-0.25, -0.2) is 0 Å². The number of hydrogen-bond acceptors (Lipinski definition) is 3. The van der Waals surface area contributed by atoms with Gasteiger partial charge < -0.3 is 5.32 Å². The quantitative estimate of drug-likeness (QED) is 0.635. The van der Waals surface area contributed by atoms with Crippen molar-refractivity contribution in [3.05, 3.63) is 35.4 Å². The Kier molecular flexibility index (Phi) is 6.96. The maximum absolute atomic E-state index is 11.5. The van der Waals surface area contributed by atoms with Crippen molar-refractivity contribution in [2.75, 3.05) is 0 Å². The summed E-state index contributed by atoms with van der Waals surface area (Å²) in [5, 5.41) is 2.47. The Balaban J connectivity index is 0.00000106. The second-order valence-corrected chi connectivity index (χ2v) is 3.33. The molecule has 1 N–H and O–H groups in total. The van der Waals surface area contributed by atoms with Crippen LogP contribution in [0.1, 0.15) is 41.5 Å². The van der Waals surface area contributed by atoms with Crippen molar-refractivity contribution < 1.29 is 9.59 Å². The molecule has 0 aliphatic carbocycles. The van der Waals surface area contributed by atoms with Crippen LogP contribution in [0, 0.1) is 0 Å². The topological polar surface area (TPSA) is 46.2 Å². The predicted octanol–water partition coefficient (Wildman–Crippen LogP) is 2.60. The minimum Gasteiger partial charge on any atom is -0.317 e. The van der Waals surface area contributed by atoms with Gasteiger partial charge in [0.1, 0.15) is 0 Å². The summed E-state index contributed by atoms with van der Waals surface area (Å²) in [6, 6.07) is 6.56. The Morgan fingerprint density at radius 2 is 1.88 bits per heavy atom. The molecule has 0 heterocycles. The smallest absolute Gasteiger partial charge is 0.256 e. The third kappa shape index (κ3) is 4.31. The fourth-order valence-corrected chi connectivity index (χ4v) is 1.13. The van der Waals surface area contributed by atoms with E-state index >= 15 is 0 Å². The van der Waals surface area contributed by atoms with Crippen molar-refractivity contribution in [2.24, 2.45) is 0 Å².